The summed E-state index contributed by atoms with van der Waals surface area (Å²) in [6, 6.07) is 9.42. The number of methoxy groups -OCH3 is 3. The first kappa shape index (κ1) is 20.1. The normalized spacial score (nSPS) is 10.0. The fraction of sp³-hybridized carbons (Fsp3) is 0.286. The molecule has 0 heterocycles. The van der Waals surface area contributed by atoms with E-state index in [-0.39, 0.29) is 24.7 Å². The number of carbonyl (C=O) groups excluding carboxylic acids is 1. The summed E-state index contributed by atoms with van der Waals surface area (Å²) in [5, 5.41) is 0. The van der Waals surface area contributed by atoms with Crippen molar-refractivity contribution in [1.29, 1.82) is 0 Å². The van der Waals surface area contributed by atoms with E-state index < -0.39 is 0 Å². The van der Waals surface area contributed by atoms with Gasteiger partial charge < -0.3 is 19.1 Å². The Kier molecular flexibility index (Phi) is 7.07. The Labute approximate surface area is 158 Å². The van der Waals surface area contributed by atoms with Crippen LogP contribution in [0, 0.1) is 18.2 Å². The van der Waals surface area contributed by atoms with Crippen LogP contribution in [-0.2, 0) is 17.8 Å². The van der Waals surface area contributed by atoms with E-state index >= 15 is 0 Å². The lowest BCUT2D eigenvalue weighted by Gasteiger charge is -2.21. The number of terminal acetylenes is 1. The van der Waals surface area contributed by atoms with Crippen molar-refractivity contribution in [3.63, 3.8) is 0 Å². The van der Waals surface area contributed by atoms with E-state index in [9.17, 15) is 9.18 Å². The first-order valence-electron chi connectivity index (χ1n) is 8.27. The van der Waals surface area contributed by atoms with Crippen LogP contribution in [0.2, 0.25) is 0 Å². The van der Waals surface area contributed by atoms with Crippen molar-refractivity contribution in [2.24, 2.45) is 0 Å². The predicted octanol–water partition coefficient (Wildman–Crippen LogP) is 3.06. The van der Waals surface area contributed by atoms with Gasteiger partial charge in [-0.25, -0.2) is 4.39 Å². The Balaban J connectivity index is 2.21. The maximum absolute atomic E-state index is 13.1. The number of halogens is 1. The lowest BCUT2D eigenvalue weighted by atomic mass is 10.1. The summed E-state index contributed by atoms with van der Waals surface area (Å²) in [5.41, 5.74) is 1.50. The zero-order chi connectivity index (χ0) is 19.8. The minimum atomic E-state index is -0.328. The number of rotatable bonds is 8. The monoisotopic (exact) mass is 371 g/mol. The molecule has 0 radical (unpaired) electrons. The second-order valence-corrected chi connectivity index (χ2v) is 5.79. The van der Waals surface area contributed by atoms with E-state index in [1.54, 1.807) is 24.3 Å². The van der Waals surface area contributed by atoms with Crippen LogP contribution >= 0.6 is 0 Å². The lowest BCUT2D eigenvalue weighted by molar-refractivity contribution is -0.130. The van der Waals surface area contributed by atoms with Gasteiger partial charge in [-0.1, -0.05) is 18.1 Å². The highest BCUT2D eigenvalue weighted by molar-refractivity contribution is 5.79. The molecule has 0 spiro atoms. The number of hydrogen-bond donors (Lipinski definition) is 0. The van der Waals surface area contributed by atoms with Gasteiger partial charge >= 0.3 is 0 Å². The predicted molar refractivity (Wildman–Crippen MR) is 100 cm³/mol. The Morgan fingerprint density at radius 1 is 1.04 bits per heavy atom. The van der Waals surface area contributed by atoms with Gasteiger partial charge in [-0.2, -0.15) is 0 Å². The van der Waals surface area contributed by atoms with Gasteiger partial charge in [0.05, 0.1) is 34.3 Å². The van der Waals surface area contributed by atoms with Crippen molar-refractivity contribution < 1.29 is 23.4 Å². The van der Waals surface area contributed by atoms with Gasteiger partial charge in [-0.3, -0.25) is 4.79 Å². The van der Waals surface area contributed by atoms with Gasteiger partial charge in [-0.15, -0.1) is 6.42 Å². The maximum Gasteiger partial charge on any atom is 0.228 e. The van der Waals surface area contributed by atoms with E-state index in [4.69, 9.17) is 20.6 Å². The van der Waals surface area contributed by atoms with Gasteiger partial charge in [0, 0.05) is 6.54 Å². The highest BCUT2D eigenvalue weighted by Gasteiger charge is 2.18. The van der Waals surface area contributed by atoms with Crippen LogP contribution in [0.3, 0.4) is 0 Å². The lowest BCUT2D eigenvalue weighted by Crippen LogP contribution is -2.32. The minimum Gasteiger partial charge on any atom is -0.493 e. The van der Waals surface area contributed by atoms with E-state index in [1.807, 2.05) is 0 Å². The molecule has 2 aromatic rings. The molecule has 0 aliphatic carbocycles. The highest BCUT2D eigenvalue weighted by atomic mass is 19.1. The van der Waals surface area contributed by atoms with Gasteiger partial charge in [-0.05, 0) is 35.4 Å². The average molecular weight is 371 g/mol. The molecule has 2 rings (SSSR count). The molecule has 1 amide bonds. The SMILES string of the molecule is C#CCN(Cc1ccc(F)cc1)C(=O)Cc1cc(OC)c(OC)c(OC)c1. The van der Waals surface area contributed by atoms with Crippen molar-refractivity contribution in [1.82, 2.24) is 4.90 Å². The zero-order valence-electron chi connectivity index (χ0n) is 15.6. The van der Waals surface area contributed by atoms with E-state index in [2.05, 4.69) is 5.92 Å². The Morgan fingerprint density at radius 3 is 2.11 bits per heavy atom. The third-order valence-electron chi connectivity index (χ3n) is 4.00. The van der Waals surface area contributed by atoms with Gasteiger partial charge in [0.25, 0.3) is 0 Å². The smallest absolute Gasteiger partial charge is 0.228 e. The summed E-state index contributed by atoms with van der Waals surface area (Å²) >= 11 is 0. The summed E-state index contributed by atoms with van der Waals surface area (Å²) in [4.78, 5) is 14.3. The average Bonchev–Trinajstić information content (AvgIpc) is 2.68. The molecule has 6 heteroatoms. The van der Waals surface area contributed by atoms with Gasteiger partial charge in [0.1, 0.15) is 5.82 Å². The fourth-order valence-electron chi connectivity index (χ4n) is 2.68. The zero-order valence-corrected chi connectivity index (χ0v) is 15.6. The topological polar surface area (TPSA) is 48.0 Å². The van der Waals surface area contributed by atoms with Crippen LogP contribution in [0.15, 0.2) is 36.4 Å². The Bertz CT molecular complexity index is 802. The van der Waals surface area contributed by atoms with Crippen molar-refractivity contribution in [3.05, 3.63) is 53.3 Å². The first-order valence-corrected chi connectivity index (χ1v) is 8.27. The summed E-state index contributed by atoms with van der Waals surface area (Å²) in [6.07, 6.45) is 5.52. The van der Waals surface area contributed by atoms with Crippen molar-refractivity contribution in [3.8, 4) is 29.6 Å². The third kappa shape index (κ3) is 5.14. The van der Waals surface area contributed by atoms with Crippen molar-refractivity contribution in [2.45, 2.75) is 13.0 Å². The number of carbonyl (C=O) groups is 1. The molecule has 0 fully saturated rings. The largest absolute Gasteiger partial charge is 0.493 e. The van der Waals surface area contributed by atoms with Crippen LogP contribution in [0.5, 0.6) is 17.2 Å². The molecule has 0 atom stereocenters. The van der Waals surface area contributed by atoms with Gasteiger partial charge in [0.2, 0.25) is 11.7 Å². The number of benzene rings is 2. The number of nitrogens with zero attached hydrogens (tertiary/aromatic N) is 1. The number of hydrogen-bond acceptors (Lipinski definition) is 4. The molecule has 2 aromatic carbocycles. The molecular formula is C21H22FNO4. The summed E-state index contributed by atoms with van der Waals surface area (Å²) in [5.74, 6) is 3.41. The molecule has 0 saturated heterocycles. The van der Waals surface area contributed by atoms with Gasteiger partial charge in [0.15, 0.2) is 11.5 Å². The standard InChI is InChI=1S/C21H22FNO4/c1-5-10-23(14-15-6-8-17(22)9-7-15)20(24)13-16-11-18(25-2)21(27-4)19(12-16)26-3/h1,6-9,11-12H,10,13-14H2,2-4H3. The summed E-state index contributed by atoms with van der Waals surface area (Å²) in [7, 11) is 4.55. The quantitative estimate of drug-likeness (QED) is 0.669. The molecule has 0 unspecified atom stereocenters. The number of ether oxygens (including phenoxy) is 3. The summed E-state index contributed by atoms with van der Waals surface area (Å²) < 4.78 is 29.0. The molecular weight excluding hydrogens is 349 g/mol. The molecule has 0 aliphatic rings. The molecule has 5 nitrogen and oxygen atoms in total. The van der Waals surface area contributed by atoms with Crippen molar-refractivity contribution in [2.75, 3.05) is 27.9 Å². The third-order valence-corrected chi connectivity index (χ3v) is 4.00. The van der Waals surface area contributed by atoms with Crippen molar-refractivity contribution >= 4 is 5.91 Å². The van der Waals surface area contributed by atoms with Crippen LogP contribution in [-0.4, -0.2) is 38.7 Å². The molecule has 0 aliphatic heterocycles. The van der Waals surface area contributed by atoms with Crippen LogP contribution < -0.4 is 14.2 Å². The van der Waals surface area contributed by atoms with E-state index in [0.29, 0.717) is 29.4 Å². The second kappa shape index (κ2) is 9.48. The van der Waals surface area contributed by atoms with Crippen LogP contribution in [0.4, 0.5) is 4.39 Å². The van der Waals surface area contributed by atoms with Crippen LogP contribution in [0.1, 0.15) is 11.1 Å². The Morgan fingerprint density at radius 2 is 1.63 bits per heavy atom. The first-order chi connectivity index (χ1) is 13.0. The number of amides is 1. The van der Waals surface area contributed by atoms with Crippen LogP contribution in [0.25, 0.3) is 0 Å². The molecule has 0 saturated carbocycles. The second-order valence-electron chi connectivity index (χ2n) is 5.79. The molecule has 0 bridgehead atoms. The van der Waals surface area contributed by atoms with E-state index in [0.717, 1.165) is 5.56 Å². The Hall–Kier alpha value is -3.20. The van der Waals surface area contributed by atoms with E-state index in [1.165, 1.54) is 38.4 Å². The maximum atomic E-state index is 13.1. The summed E-state index contributed by atoms with van der Waals surface area (Å²) in [6.45, 7) is 0.453. The molecule has 142 valence electrons. The molecule has 27 heavy (non-hydrogen) atoms. The molecule has 0 N–H and O–H groups in total. The highest BCUT2D eigenvalue weighted by Crippen LogP contribution is 2.38. The fourth-order valence-corrected chi connectivity index (χ4v) is 2.68. The minimum absolute atomic E-state index is 0.111. The molecule has 0 aromatic heterocycles.